The van der Waals surface area contributed by atoms with Gasteiger partial charge in [-0.2, -0.15) is 0 Å². The Kier molecular flexibility index (Phi) is 7.07. The molecule has 2 rings (SSSR count). The predicted octanol–water partition coefficient (Wildman–Crippen LogP) is 6.58. The second kappa shape index (κ2) is 7.83. The Balaban J connectivity index is 0.00000338. The van der Waals surface area contributed by atoms with Crippen LogP contribution >= 0.6 is 7.26 Å². The fourth-order valence-electron chi connectivity index (χ4n) is 5.51. The van der Waals surface area contributed by atoms with Gasteiger partial charge in [0.2, 0.25) is 0 Å². The number of pyridine rings is 1. The topological polar surface area (TPSA) is 12.9 Å². The van der Waals surface area contributed by atoms with Crippen molar-refractivity contribution in [3.8, 4) is 11.3 Å². The van der Waals surface area contributed by atoms with Gasteiger partial charge in [-0.1, -0.05) is 12.1 Å². The maximum absolute atomic E-state index is 4.54. The Morgan fingerprint density at radius 3 is 1.77 bits per heavy atom. The zero-order valence-electron chi connectivity index (χ0n) is 17.8. The van der Waals surface area contributed by atoms with Gasteiger partial charge in [0.25, 0.3) is 0 Å². The molecule has 0 amide bonds. The summed E-state index contributed by atoms with van der Waals surface area (Å²) >= 11 is 0. The van der Waals surface area contributed by atoms with Crippen molar-refractivity contribution in [3.63, 3.8) is 0 Å². The van der Waals surface area contributed by atoms with Crippen LogP contribution in [0, 0.1) is 6.07 Å². The van der Waals surface area contributed by atoms with Gasteiger partial charge in [0, 0.05) is 38.9 Å². The summed E-state index contributed by atoms with van der Waals surface area (Å²) in [5.74, 6) is 0. The summed E-state index contributed by atoms with van der Waals surface area (Å²) in [6.07, 6.45) is 1.86. The first kappa shape index (κ1) is 23.5. The first-order chi connectivity index (χ1) is 11.3. The summed E-state index contributed by atoms with van der Waals surface area (Å²) in [6, 6.07) is 16.2. The summed E-state index contributed by atoms with van der Waals surface area (Å²) < 4.78 is 0. The average molecular weight is 548 g/mol. The summed E-state index contributed by atoms with van der Waals surface area (Å²) in [5.41, 5.74) is 2.10. The molecule has 0 aliphatic rings. The molecule has 0 bridgehead atoms. The van der Waals surface area contributed by atoms with Crippen LogP contribution in [0.3, 0.4) is 0 Å². The fraction of sp³-hybridized carbons (Fsp3) is 0.522. The summed E-state index contributed by atoms with van der Waals surface area (Å²) in [4.78, 5) is 4.54. The molecule has 0 atom stereocenters. The molecule has 0 saturated carbocycles. The van der Waals surface area contributed by atoms with E-state index in [1.165, 1.54) is 5.30 Å². The molecule has 145 valence electrons. The van der Waals surface area contributed by atoms with Gasteiger partial charge in [-0.05, 0) is 74.1 Å². The van der Waals surface area contributed by atoms with Gasteiger partial charge < -0.3 is 4.98 Å². The second-order valence-electron chi connectivity index (χ2n) is 9.86. The summed E-state index contributed by atoms with van der Waals surface area (Å²) in [6.45, 7) is 21.8. The summed E-state index contributed by atoms with van der Waals surface area (Å²) in [5, 5.41) is 2.09. The zero-order chi connectivity index (χ0) is 19.1. The van der Waals surface area contributed by atoms with E-state index in [1.807, 2.05) is 18.3 Å². The van der Waals surface area contributed by atoms with E-state index < -0.39 is 7.26 Å². The Morgan fingerprint density at radius 1 is 0.808 bits per heavy atom. The quantitative estimate of drug-likeness (QED) is 0.306. The van der Waals surface area contributed by atoms with E-state index in [1.54, 1.807) is 0 Å². The molecule has 1 radical (unpaired) electrons. The Labute approximate surface area is 175 Å². The van der Waals surface area contributed by atoms with Crippen LogP contribution in [-0.4, -0.2) is 20.5 Å². The summed E-state index contributed by atoms with van der Waals surface area (Å²) in [7, 11) is -1.60. The van der Waals surface area contributed by atoms with Crippen molar-refractivity contribution in [1.82, 2.24) is 4.98 Å². The predicted molar refractivity (Wildman–Crippen MR) is 114 cm³/mol. The van der Waals surface area contributed by atoms with E-state index in [4.69, 9.17) is 0 Å². The Hall–Kier alpha value is -0.551. The van der Waals surface area contributed by atoms with Gasteiger partial charge in [0.05, 0.1) is 15.5 Å². The van der Waals surface area contributed by atoms with Gasteiger partial charge >= 0.3 is 0 Å². The van der Waals surface area contributed by atoms with Crippen LogP contribution in [0.5, 0.6) is 0 Å². The van der Waals surface area contributed by atoms with Crippen molar-refractivity contribution < 1.29 is 20.1 Å². The smallest absolute Gasteiger partial charge is 0.0756 e. The second-order valence-corrected chi connectivity index (χ2v) is 15.7. The molecular weight excluding hydrogens is 513 g/mol. The zero-order valence-corrected chi connectivity index (χ0v) is 21.1. The van der Waals surface area contributed by atoms with Crippen LogP contribution in [0.1, 0.15) is 62.3 Å². The number of nitrogens with zero attached hydrogens (tertiary/aromatic N) is 1. The number of benzene rings is 1. The molecule has 1 nitrogen and oxygen atoms in total. The van der Waals surface area contributed by atoms with Gasteiger partial charge in [0.15, 0.2) is 0 Å². The van der Waals surface area contributed by atoms with Gasteiger partial charge in [0.1, 0.15) is 0 Å². The van der Waals surface area contributed by atoms with E-state index >= 15 is 0 Å². The van der Waals surface area contributed by atoms with Crippen molar-refractivity contribution in [2.45, 2.75) is 77.8 Å². The number of aromatic nitrogens is 1. The maximum Gasteiger partial charge on any atom is 0.0756 e. The molecule has 0 fully saturated rings. The van der Waals surface area contributed by atoms with Crippen LogP contribution < -0.4 is 5.30 Å². The van der Waals surface area contributed by atoms with Crippen molar-refractivity contribution in [2.75, 3.05) is 0 Å². The van der Waals surface area contributed by atoms with Crippen molar-refractivity contribution in [1.29, 1.82) is 0 Å². The van der Waals surface area contributed by atoms with Gasteiger partial charge in [-0.3, -0.25) is 0 Å². The Morgan fingerprint density at radius 2 is 1.35 bits per heavy atom. The van der Waals surface area contributed by atoms with Crippen molar-refractivity contribution >= 4 is 12.6 Å². The van der Waals surface area contributed by atoms with Crippen molar-refractivity contribution in [3.05, 3.63) is 48.7 Å². The molecule has 3 heteroatoms. The molecule has 2 aromatic rings. The minimum absolute atomic E-state index is 0. The van der Waals surface area contributed by atoms with Crippen molar-refractivity contribution in [2.24, 2.45) is 0 Å². The third-order valence-corrected chi connectivity index (χ3v) is 12.2. The monoisotopic (exact) mass is 548 g/mol. The van der Waals surface area contributed by atoms with Crippen LogP contribution in [0.15, 0.2) is 42.6 Å². The first-order valence-corrected chi connectivity index (χ1v) is 10.9. The SMILES string of the molecule is CC(C)(C)[P+](c1cc[c-]c(-c2ccccn2)c1)(C(C)(C)C)C(C)(C)C.[Ir]. The standard InChI is InChI=1S/C23H34NP.Ir/c1-21(2,3)25(22(4,5)6,23(7,8)9)19-14-12-13-18(17-19)20-15-10-11-16-24-20;/h10-12,14-17H,1-9H3;. The molecule has 0 aliphatic heterocycles. The normalized spacial score (nSPS) is 13.3. The molecule has 0 spiro atoms. The molecule has 0 N–H and O–H groups in total. The van der Waals surface area contributed by atoms with E-state index in [0.717, 1.165) is 11.3 Å². The molecule has 0 saturated heterocycles. The largest absolute Gasteiger partial charge is 0.305 e. The maximum atomic E-state index is 4.54. The fourth-order valence-corrected chi connectivity index (χ4v) is 14.5. The number of hydrogen-bond acceptors (Lipinski definition) is 1. The van der Waals surface area contributed by atoms with Crippen LogP contribution in [0.25, 0.3) is 11.3 Å². The Bertz CT molecular complexity index is 682. The first-order valence-electron chi connectivity index (χ1n) is 9.15. The molecule has 0 aliphatic carbocycles. The molecule has 26 heavy (non-hydrogen) atoms. The molecule has 1 heterocycles. The third kappa shape index (κ3) is 3.99. The minimum Gasteiger partial charge on any atom is -0.305 e. The third-order valence-electron chi connectivity index (χ3n) is 5.13. The molecular formula is C23H34IrNP. The molecule has 0 unspecified atom stereocenters. The number of rotatable bonds is 2. The average Bonchev–Trinajstić information content (AvgIpc) is 2.44. The molecule has 1 aromatic heterocycles. The molecule has 1 aromatic carbocycles. The van der Waals surface area contributed by atoms with E-state index in [0.29, 0.717) is 0 Å². The van der Waals surface area contributed by atoms with E-state index in [-0.39, 0.29) is 35.6 Å². The number of hydrogen-bond donors (Lipinski definition) is 0. The van der Waals surface area contributed by atoms with Crippen LogP contribution in [0.2, 0.25) is 0 Å². The van der Waals surface area contributed by atoms with Crippen LogP contribution in [0.4, 0.5) is 0 Å². The van der Waals surface area contributed by atoms with E-state index in [9.17, 15) is 0 Å². The van der Waals surface area contributed by atoms with Gasteiger partial charge in [-0.25, -0.2) is 0 Å². The van der Waals surface area contributed by atoms with E-state index in [2.05, 4.69) is 97.6 Å². The van der Waals surface area contributed by atoms with Crippen LogP contribution in [-0.2, 0) is 20.1 Å². The minimum atomic E-state index is -1.60. The van der Waals surface area contributed by atoms with Gasteiger partial charge in [-0.15, -0.1) is 29.8 Å².